The second kappa shape index (κ2) is 6.04. The number of anilines is 1. The van der Waals surface area contributed by atoms with E-state index in [-0.39, 0.29) is 5.56 Å². The Balaban J connectivity index is 1.48. The molecule has 0 atom stereocenters. The van der Waals surface area contributed by atoms with Crippen molar-refractivity contribution in [3.8, 4) is 0 Å². The number of nitrogens with zero attached hydrogens (tertiary/aromatic N) is 6. The first-order chi connectivity index (χ1) is 11.7. The molecule has 1 aromatic carbocycles. The van der Waals surface area contributed by atoms with Gasteiger partial charge in [0.05, 0.1) is 23.8 Å². The Kier molecular flexibility index (Phi) is 3.73. The molecular weight excluding hydrogens is 308 g/mol. The molecule has 0 amide bonds. The molecule has 3 aromatic rings. The lowest BCUT2D eigenvalue weighted by molar-refractivity contribution is 0.215. The third kappa shape index (κ3) is 2.76. The topological polar surface area (TPSA) is 80.3 Å². The van der Waals surface area contributed by atoms with Gasteiger partial charge in [-0.3, -0.25) is 9.69 Å². The van der Waals surface area contributed by atoms with Crippen molar-refractivity contribution >= 4 is 16.6 Å². The van der Waals surface area contributed by atoms with E-state index in [1.807, 2.05) is 18.2 Å². The average Bonchev–Trinajstić information content (AvgIpc) is 3.12. The van der Waals surface area contributed by atoms with E-state index >= 15 is 0 Å². The fraction of sp³-hybridized carbons (Fsp3) is 0.375. The van der Waals surface area contributed by atoms with Gasteiger partial charge in [0.1, 0.15) is 0 Å². The number of piperazine rings is 1. The minimum absolute atomic E-state index is 0.0177. The molecule has 1 saturated heterocycles. The van der Waals surface area contributed by atoms with Crippen LogP contribution in [0.3, 0.4) is 0 Å². The molecular formula is C16H18N6O2. The Hall–Kier alpha value is -2.74. The van der Waals surface area contributed by atoms with E-state index in [4.69, 9.17) is 4.52 Å². The second-order valence-corrected chi connectivity index (χ2v) is 5.96. The maximum Gasteiger partial charge on any atom is 0.260 e. The van der Waals surface area contributed by atoms with Crippen molar-refractivity contribution in [1.29, 1.82) is 0 Å². The molecule has 0 saturated carbocycles. The number of fused-ring (bicyclic) bond motifs is 1. The first-order valence-corrected chi connectivity index (χ1v) is 7.89. The molecule has 1 aliphatic rings. The van der Waals surface area contributed by atoms with Crippen molar-refractivity contribution in [2.75, 3.05) is 31.1 Å². The molecule has 24 heavy (non-hydrogen) atoms. The number of aryl methyl sites for hydroxylation is 1. The fourth-order valence-corrected chi connectivity index (χ4v) is 3.02. The molecule has 0 bridgehead atoms. The van der Waals surface area contributed by atoms with Crippen molar-refractivity contribution in [3.05, 3.63) is 47.1 Å². The Bertz CT molecular complexity index is 897. The molecule has 0 aliphatic carbocycles. The maximum atomic E-state index is 12.1. The van der Waals surface area contributed by atoms with Gasteiger partial charge >= 0.3 is 0 Å². The summed E-state index contributed by atoms with van der Waals surface area (Å²) < 4.78 is 6.56. The van der Waals surface area contributed by atoms with Gasteiger partial charge in [0.15, 0.2) is 6.33 Å². The summed E-state index contributed by atoms with van der Waals surface area (Å²) in [7, 11) is 1.71. The van der Waals surface area contributed by atoms with Crippen molar-refractivity contribution in [2.45, 2.75) is 6.54 Å². The SMILES string of the molecule is Cn1cnc2cc(N3CCN(Cc4ncno4)CC3)ccc2c1=O. The fourth-order valence-electron chi connectivity index (χ4n) is 3.02. The molecule has 4 rings (SSSR count). The molecule has 8 heteroatoms. The molecule has 3 heterocycles. The molecule has 124 valence electrons. The van der Waals surface area contributed by atoms with Gasteiger partial charge in [-0.2, -0.15) is 4.98 Å². The molecule has 0 unspecified atom stereocenters. The van der Waals surface area contributed by atoms with Crippen LogP contribution in [0.1, 0.15) is 5.89 Å². The lowest BCUT2D eigenvalue weighted by Crippen LogP contribution is -2.46. The quantitative estimate of drug-likeness (QED) is 0.698. The van der Waals surface area contributed by atoms with Crippen LogP contribution < -0.4 is 10.5 Å². The molecule has 2 aromatic heterocycles. The summed E-state index contributed by atoms with van der Waals surface area (Å²) in [5.74, 6) is 0.647. The first-order valence-electron chi connectivity index (χ1n) is 7.89. The standard InChI is InChI=1S/C16H18N6O2/c1-20-11-18-14-8-12(2-3-13(14)16(20)23)22-6-4-21(5-7-22)9-15-17-10-19-24-15/h2-3,8,10-11H,4-7,9H2,1H3. The monoisotopic (exact) mass is 326 g/mol. The number of hydrogen-bond acceptors (Lipinski definition) is 7. The van der Waals surface area contributed by atoms with Gasteiger partial charge in [-0.05, 0) is 18.2 Å². The third-order valence-corrected chi connectivity index (χ3v) is 4.41. The zero-order valence-electron chi connectivity index (χ0n) is 13.4. The maximum absolute atomic E-state index is 12.1. The summed E-state index contributed by atoms with van der Waals surface area (Å²) in [4.78, 5) is 25.1. The summed E-state index contributed by atoms with van der Waals surface area (Å²) in [5.41, 5.74) is 1.82. The predicted molar refractivity (Wildman–Crippen MR) is 88.8 cm³/mol. The molecule has 0 N–H and O–H groups in total. The predicted octanol–water partition coefficient (Wildman–Crippen LogP) is 0.639. The Labute approximate surface area is 138 Å². The van der Waals surface area contributed by atoms with Crippen LogP contribution in [-0.2, 0) is 13.6 Å². The molecule has 0 radical (unpaired) electrons. The van der Waals surface area contributed by atoms with Gasteiger partial charge in [-0.15, -0.1) is 0 Å². The molecule has 1 aliphatic heterocycles. The van der Waals surface area contributed by atoms with Crippen molar-refractivity contribution < 1.29 is 4.52 Å². The summed E-state index contributed by atoms with van der Waals surface area (Å²) in [6.07, 6.45) is 2.99. The van der Waals surface area contributed by atoms with Gasteiger partial charge in [0, 0.05) is 38.9 Å². The van der Waals surface area contributed by atoms with Crippen LogP contribution in [0.25, 0.3) is 10.9 Å². The Morgan fingerprint density at radius 3 is 2.75 bits per heavy atom. The van der Waals surface area contributed by atoms with E-state index in [1.165, 1.54) is 10.9 Å². The highest BCUT2D eigenvalue weighted by Crippen LogP contribution is 2.20. The van der Waals surface area contributed by atoms with Crippen LogP contribution in [0, 0.1) is 0 Å². The van der Waals surface area contributed by atoms with Gasteiger partial charge < -0.3 is 14.0 Å². The van der Waals surface area contributed by atoms with Gasteiger partial charge in [0.2, 0.25) is 5.89 Å². The smallest absolute Gasteiger partial charge is 0.260 e. The number of hydrogen-bond donors (Lipinski definition) is 0. The zero-order valence-corrected chi connectivity index (χ0v) is 13.4. The normalized spacial score (nSPS) is 16.0. The minimum atomic E-state index is -0.0177. The number of benzene rings is 1. The lowest BCUT2D eigenvalue weighted by atomic mass is 10.2. The van der Waals surface area contributed by atoms with Crippen LogP contribution >= 0.6 is 0 Å². The second-order valence-electron chi connectivity index (χ2n) is 5.96. The van der Waals surface area contributed by atoms with Gasteiger partial charge in [0.25, 0.3) is 5.56 Å². The molecule has 0 spiro atoms. The van der Waals surface area contributed by atoms with E-state index in [0.717, 1.165) is 37.4 Å². The molecule has 1 fully saturated rings. The third-order valence-electron chi connectivity index (χ3n) is 4.41. The number of aromatic nitrogens is 4. The van der Waals surface area contributed by atoms with E-state index in [0.29, 0.717) is 17.8 Å². The van der Waals surface area contributed by atoms with E-state index < -0.39 is 0 Å². The summed E-state index contributed by atoms with van der Waals surface area (Å²) in [6.45, 7) is 4.34. The summed E-state index contributed by atoms with van der Waals surface area (Å²) >= 11 is 0. The highest BCUT2D eigenvalue weighted by Gasteiger charge is 2.19. The van der Waals surface area contributed by atoms with E-state index in [2.05, 4.69) is 24.9 Å². The van der Waals surface area contributed by atoms with Crippen LogP contribution in [0.4, 0.5) is 5.69 Å². The Morgan fingerprint density at radius 1 is 1.17 bits per heavy atom. The van der Waals surface area contributed by atoms with Crippen LogP contribution in [0.2, 0.25) is 0 Å². The van der Waals surface area contributed by atoms with E-state index in [9.17, 15) is 4.79 Å². The van der Waals surface area contributed by atoms with Crippen molar-refractivity contribution in [2.24, 2.45) is 7.05 Å². The highest BCUT2D eigenvalue weighted by atomic mass is 16.5. The van der Waals surface area contributed by atoms with Crippen LogP contribution in [0.15, 0.2) is 40.2 Å². The average molecular weight is 326 g/mol. The van der Waals surface area contributed by atoms with Gasteiger partial charge in [-0.25, -0.2) is 4.98 Å². The Morgan fingerprint density at radius 2 is 2.00 bits per heavy atom. The summed E-state index contributed by atoms with van der Waals surface area (Å²) in [5, 5.41) is 4.29. The largest absolute Gasteiger partial charge is 0.369 e. The lowest BCUT2D eigenvalue weighted by Gasteiger charge is -2.35. The number of rotatable bonds is 3. The van der Waals surface area contributed by atoms with Crippen LogP contribution in [0.5, 0.6) is 0 Å². The van der Waals surface area contributed by atoms with Gasteiger partial charge in [-0.1, -0.05) is 5.16 Å². The minimum Gasteiger partial charge on any atom is -0.369 e. The van der Waals surface area contributed by atoms with Crippen LogP contribution in [-0.4, -0.2) is 50.8 Å². The first kappa shape index (κ1) is 14.8. The molecule has 8 nitrogen and oxygen atoms in total. The zero-order chi connectivity index (χ0) is 16.5. The van der Waals surface area contributed by atoms with Crippen molar-refractivity contribution in [3.63, 3.8) is 0 Å². The van der Waals surface area contributed by atoms with Crippen molar-refractivity contribution in [1.82, 2.24) is 24.6 Å². The highest BCUT2D eigenvalue weighted by molar-refractivity contribution is 5.81. The summed E-state index contributed by atoms with van der Waals surface area (Å²) in [6, 6.07) is 5.86. The van der Waals surface area contributed by atoms with E-state index in [1.54, 1.807) is 13.4 Å².